The summed E-state index contributed by atoms with van der Waals surface area (Å²) in [7, 11) is 0. The smallest absolute Gasteiger partial charge is 0.0623 e. The van der Waals surface area contributed by atoms with Crippen molar-refractivity contribution in [3.63, 3.8) is 0 Å². The predicted octanol–water partition coefficient (Wildman–Crippen LogP) is 5.92. The monoisotopic (exact) mass is 758 g/mol. The van der Waals surface area contributed by atoms with Crippen molar-refractivity contribution in [1.29, 1.82) is 0 Å². The Morgan fingerprint density at radius 3 is 1.76 bits per heavy atom. The van der Waals surface area contributed by atoms with E-state index in [0.29, 0.717) is 0 Å². The first kappa shape index (κ1) is 38.8. The van der Waals surface area contributed by atoms with Crippen LogP contribution in [-0.4, -0.2) is 3.21 Å². The molecule has 0 radical (unpaired) electrons. The quantitative estimate of drug-likeness (QED) is 0.193. The van der Waals surface area contributed by atoms with Crippen molar-refractivity contribution < 1.29 is 49.0 Å². The van der Waals surface area contributed by atoms with Gasteiger partial charge in [-0.25, -0.2) is 11.6 Å². The zero-order chi connectivity index (χ0) is 33.7. The molecule has 0 spiro atoms. The summed E-state index contributed by atoms with van der Waals surface area (Å²) in [6.45, 7) is 20.1. The molecular weight excluding hydrogens is 715 g/mol. The van der Waals surface area contributed by atoms with Crippen LogP contribution < -0.4 is 24.8 Å². The maximum absolute atomic E-state index is 3.65. The largest absolute Gasteiger partial charge is 1.00 e. The Morgan fingerprint density at radius 2 is 1.22 bits per heavy atom. The van der Waals surface area contributed by atoms with Crippen LogP contribution in [0, 0.1) is 19.9 Å². The summed E-state index contributed by atoms with van der Waals surface area (Å²) >= 11 is 1.51. The normalized spacial score (nSPS) is 14.9. The molecule has 0 atom stereocenters. The van der Waals surface area contributed by atoms with Gasteiger partial charge in [-0.15, -0.1) is 11.6 Å². The van der Waals surface area contributed by atoms with Gasteiger partial charge in [-0.1, -0.05) is 108 Å². The van der Waals surface area contributed by atoms with Gasteiger partial charge in [0, 0.05) is 5.41 Å². The summed E-state index contributed by atoms with van der Waals surface area (Å²) in [6, 6.07) is 35.3. The van der Waals surface area contributed by atoms with Crippen molar-refractivity contribution in [3.05, 3.63) is 159 Å². The van der Waals surface area contributed by atoms with Crippen LogP contribution >= 0.6 is 0 Å². The zero-order valence-corrected chi connectivity index (χ0v) is 34.2. The van der Waals surface area contributed by atoms with Crippen LogP contribution in [0.4, 0.5) is 0 Å². The van der Waals surface area contributed by atoms with E-state index < -0.39 is 0 Å². The van der Waals surface area contributed by atoms with Gasteiger partial charge in [0.05, 0.1) is 0 Å². The summed E-state index contributed by atoms with van der Waals surface area (Å²) in [5.41, 5.74) is 21.3. The maximum Gasteiger partial charge on any atom is -0.0623 e. The number of aryl methyl sites for hydroxylation is 2. The van der Waals surface area contributed by atoms with E-state index in [1.54, 1.807) is 0 Å². The summed E-state index contributed by atoms with van der Waals surface area (Å²) < 4.78 is 1.46. The molecular formula is C46H46Cl2Zr-2. The molecule has 0 amide bonds. The Kier molecular flexibility index (Phi) is 12.0. The third kappa shape index (κ3) is 7.86. The SMILES string of the molecule is CC1=[C-]C(C)(C)c2cc3c(cc21)-c1cc2c(cc1C3)C(C)(C)C=C2C.C[C](=[Zr+2])c1ccccc1.Cc1cc(-c2ccccc2)c(C)[cH-]1.[Cl-].[Cl-]. The van der Waals surface area contributed by atoms with Gasteiger partial charge in [0.2, 0.25) is 0 Å². The molecule has 49 heavy (non-hydrogen) atoms. The summed E-state index contributed by atoms with van der Waals surface area (Å²) in [4.78, 5) is 0. The van der Waals surface area contributed by atoms with Gasteiger partial charge in [0.15, 0.2) is 0 Å². The number of hydrogen-bond acceptors (Lipinski definition) is 0. The molecule has 3 aliphatic carbocycles. The molecule has 0 aliphatic heterocycles. The van der Waals surface area contributed by atoms with Crippen LogP contribution in [0.2, 0.25) is 0 Å². The predicted molar refractivity (Wildman–Crippen MR) is 200 cm³/mol. The number of fused-ring (bicyclic) bond motifs is 5. The first-order valence-corrected chi connectivity index (χ1v) is 18.0. The van der Waals surface area contributed by atoms with E-state index in [0.717, 1.165) is 6.42 Å². The first-order valence-electron chi connectivity index (χ1n) is 16.8. The van der Waals surface area contributed by atoms with E-state index in [9.17, 15) is 0 Å². The molecule has 8 rings (SSSR count). The fraction of sp³-hybridized carbons (Fsp3) is 0.261. The molecule has 0 N–H and O–H groups in total. The topological polar surface area (TPSA) is 0 Å². The number of hydrogen-bond donors (Lipinski definition) is 0. The molecule has 250 valence electrons. The van der Waals surface area contributed by atoms with Crippen molar-refractivity contribution in [2.24, 2.45) is 0 Å². The minimum Gasteiger partial charge on any atom is -1.00 e. The standard InChI is InChI=1S/C25H25.C13H13.C8H8.2ClH.Zr/c1-14-12-24(3,4)22-8-16-7-17-9-23-19(15(2)13-25(23,5)6)11-21(17)20(16)10-18(14)22;1-10-8-11(2)13(9-10)12-6-4-3-5-7-12;1-2-8-6-4-3-5-7-8;;;/h8-12H,7H2,1-6H3;3-9H,1-2H3;3-7H,1H3;2*1H;/q2*-1;;;;+2/p-2. The number of halogens is 2. The second kappa shape index (κ2) is 15.1. The van der Waals surface area contributed by atoms with Gasteiger partial charge in [-0.2, -0.15) is 28.3 Å². The summed E-state index contributed by atoms with van der Waals surface area (Å²) in [5, 5.41) is 0. The number of rotatable bonds is 2. The van der Waals surface area contributed by atoms with Gasteiger partial charge in [-0.3, -0.25) is 6.08 Å². The van der Waals surface area contributed by atoms with Crippen LogP contribution in [0.5, 0.6) is 0 Å². The van der Waals surface area contributed by atoms with Crippen molar-refractivity contribution >= 4 is 14.4 Å². The second-order valence-electron chi connectivity index (χ2n) is 14.7. The molecule has 0 nitrogen and oxygen atoms in total. The van der Waals surface area contributed by atoms with E-state index in [-0.39, 0.29) is 35.6 Å². The molecule has 0 heterocycles. The molecule has 0 aromatic heterocycles. The fourth-order valence-corrected chi connectivity index (χ4v) is 8.10. The average Bonchev–Trinajstić information content (AvgIpc) is 3.70. The number of allylic oxidation sites excluding steroid dienone is 4. The zero-order valence-electron chi connectivity index (χ0n) is 30.3. The van der Waals surface area contributed by atoms with Crippen LogP contribution in [0.15, 0.2) is 103 Å². The van der Waals surface area contributed by atoms with Crippen LogP contribution in [-0.2, 0) is 41.5 Å². The van der Waals surface area contributed by atoms with E-state index in [1.165, 1.54) is 111 Å². The van der Waals surface area contributed by atoms with Crippen LogP contribution in [0.25, 0.3) is 33.4 Å². The second-order valence-corrected chi connectivity index (χ2v) is 16.5. The fourth-order valence-electron chi connectivity index (χ4n) is 7.69. The van der Waals surface area contributed by atoms with Gasteiger partial charge in [0.1, 0.15) is 0 Å². The summed E-state index contributed by atoms with van der Waals surface area (Å²) in [6.07, 6.45) is 7.13. The van der Waals surface area contributed by atoms with Gasteiger partial charge < -0.3 is 24.8 Å². The maximum atomic E-state index is 3.65. The number of benzene rings is 4. The first-order chi connectivity index (χ1) is 22.2. The Bertz CT molecular complexity index is 1970. The van der Waals surface area contributed by atoms with Gasteiger partial charge in [0.25, 0.3) is 0 Å². The Balaban J connectivity index is 0.000000190. The molecule has 5 aromatic rings. The Morgan fingerprint density at radius 1 is 0.673 bits per heavy atom. The molecule has 3 heteroatoms. The molecule has 0 saturated carbocycles. The van der Waals surface area contributed by atoms with E-state index in [1.807, 2.05) is 6.07 Å². The molecule has 3 aliphatic rings. The molecule has 0 saturated heterocycles. The van der Waals surface area contributed by atoms with Crippen LogP contribution in [0.3, 0.4) is 0 Å². The van der Waals surface area contributed by atoms with E-state index in [4.69, 9.17) is 0 Å². The third-order valence-corrected chi connectivity index (χ3v) is 10.7. The van der Waals surface area contributed by atoms with Crippen molar-refractivity contribution in [3.8, 4) is 22.3 Å². The molecule has 0 bridgehead atoms. The van der Waals surface area contributed by atoms with Crippen LogP contribution in [0.1, 0.15) is 98.5 Å². The van der Waals surface area contributed by atoms with Gasteiger partial charge in [-0.05, 0) is 58.4 Å². The Labute approximate surface area is 322 Å². The van der Waals surface area contributed by atoms with Crippen molar-refractivity contribution in [2.75, 3.05) is 0 Å². The minimum atomic E-state index is 0. The van der Waals surface area contributed by atoms with Gasteiger partial charge >= 0.3 is 70.3 Å². The van der Waals surface area contributed by atoms with Crippen molar-refractivity contribution in [1.82, 2.24) is 0 Å². The Hall–Kier alpha value is -2.96. The average molecular weight is 761 g/mol. The minimum absolute atomic E-state index is 0. The molecule has 0 fully saturated rings. The van der Waals surface area contributed by atoms with E-state index in [2.05, 4.69) is 165 Å². The molecule has 5 aromatic carbocycles. The van der Waals surface area contributed by atoms with Crippen molar-refractivity contribution in [2.45, 2.75) is 79.6 Å². The third-order valence-electron chi connectivity index (χ3n) is 9.96. The molecule has 0 unspecified atom stereocenters. The summed E-state index contributed by atoms with van der Waals surface area (Å²) in [5.74, 6) is 0. The van der Waals surface area contributed by atoms with E-state index >= 15 is 0 Å².